The SMILES string of the molecule is N#Cc1ccc(OCC(=O)NOCc2ccccc2)cc1. The van der Waals surface area contributed by atoms with E-state index in [1.54, 1.807) is 24.3 Å². The molecule has 21 heavy (non-hydrogen) atoms. The highest BCUT2D eigenvalue weighted by Crippen LogP contribution is 2.11. The number of amides is 1. The van der Waals surface area contributed by atoms with E-state index in [9.17, 15) is 4.79 Å². The van der Waals surface area contributed by atoms with E-state index < -0.39 is 0 Å². The summed E-state index contributed by atoms with van der Waals surface area (Å²) in [5.74, 6) is 0.141. The van der Waals surface area contributed by atoms with Crippen molar-refractivity contribution >= 4 is 5.91 Å². The number of nitrogens with one attached hydrogen (secondary N) is 1. The highest BCUT2D eigenvalue weighted by atomic mass is 16.7. The first-order valence-corrected chi connectivity index (χ1v) is 6.35. The second kappa shape index (κ2) is 7.68. The Morgan fingerprint density at radius 1 is 1.10 bits per heavy atom. The molecule has 0 atom stereocenters. The van der Waals surface area contributed by atoms with Gasteiger partial charge in [-0.15, -0.1) is 0 Å². The third kappa shape index (κ3) is 4.97. The molecule has 106 valence electrons. The summed E-state index contributed by atoms with van der Waals surface area (Å²) in [6.07, 6.45) is 0. The fraction of sp³-hybridized carbons (Fsp3) is 0.125. The lowest BCUT2D eigenvalue weighted by molar-refractivity contribution is -0.136. The fourth-order valence-corrected chi connectivity index (χ4v) is 1.58. The van der Waals surface area contributed by atoms with Crippen LogP contribution < -0.4 is 10.2 Å². The van der Waals surface area contributed by atoms with E-state index in [1.807, 2.05) is 36.4 Å². The molecule has 0 aliphatic rings. The number of nitriles is 1. The lowest BCUT2D eigenvalue weighted by Crippen LogP contribution is -2.28. The number of hydroxylamine groups is 1. The van der Waals surface area contributed by atoms with Crippen LogP contribution in [0.3, 0.4) is 0 Å². The molecular weight excluding hydrogens is 268 g/mol. The zero-order chi connectivity index (χ0) is 14.9. The van der Waals surface area contributed by atoms with Crippen molar-refractivity contribution in [3.63, 3.8) is 0 Å². The third-order valence-electron chi connectivity index (χ3n) is 2.62. The molecule has 0 heterocycles. The summed E-state index contributed by atoms with van der Waals surface area (Å²) in [6, 6.07) is 18.0. The number of nitrogens with zero attached hydrogens (tertiary/aromatic N) is 1. The fourth-order valence-electron chi connectivity index (χ4n) is 1.58. The number of hydrogen-bond donors (Lipinski definition) is 1. The smallest absolute Gasteiger partial charge is 0.281 e. The quantitative estimate of drug-likeness (QED) is 0.824. The molecule has 5 heteroatoms. The number of carbonyl (C=O) groups is 1. The topological polar surface area (TPSA) is 71.3 Å². The molecule has 0 saturated carbocycles. The van der Waals surface area contributed by atoms with Gasteiger partial charge in [-0.2, -0.15) is 5.26 Å². The summed E-state index contributed by atoms with van der Waals surface area (Å²) in [4.78, 5) is 16.6. The predicted octanol–water partition coefficient (Wildman–Crippen LogP) is 2.19. The van der Waals surface area contributed by atoms with E-state index in [4.69, 9.17) is 14.8 Å². The second-order valence-corrected chi connectivity index (χ2v) is 4.22. The molecule has 0 spiro atoms. The molecule has 1 amide bonds. The number of benzene rings is 2. The summed E-state index contributed by atoms with van der Waals surface area (Å²) >= 11 is 0. The highest BCUT2D eigenvalue weighted by molar-refractivity contribution is 5.76. The van der Waals surface area contributed by atoms with Gasteiger partial charge in [0, 0.05) is 0 Å². The maximum absolute atomic E-state index is 11.5. The van der Waals surface area contributed by atoms with Gasteiger partial charge in [0.25, 0.3) is 5.91 Å². The number of carbonyl (C=O) groups excluding carboxylic acids is 1. The van der Waals surface area contributed by atoms with Gasteiger partial charge in [-0.1, -0.05) is 30.3 Å². The Balaban J connectivity index is 1.68. The van der Waals surface area contributed by atoms with Crippen molar-refractivity contribution in [2.75, 3.05) is 6.61 Å². The van der Waals surface area contributed by atoms with Crippen LogP contribution in [-0.2, 0) is 16.2 Å². The van der Waals surface area contributed by atoms with Gasteiger partial charge in [0.15, 0.2) is 6.61 Å². The molecule has 2 aromatic carbocycles. The minimum atomic E-state index is -0.379. The molecule has 1 N–H and O–H groups in total. The zero-order valence-corrected chi connectivity index (χ0v) is 11.3. The molecule has 0 aliphatic heterocycles. The first-order chi connectivity index (χ1) is 10.3. The molecule has 0 saturated heterocycles. The second-order valence-electron chi connectivity index (χ2n) is 4.22. The van der Waals surface area contributed by atoms with Crippen molar-refractivity contribution in [1.29, 1.82) is 5.26 Å². The average Bonchev–Trinajstić information content (AvgIpc) is 2.54. The Bertz CT molecular complexity index is 618. The molecule has 0 fully saturated rings. The molecule has 2 aromatic rings. The summed E-state index contributed by atoms with van der Waals surface area (Å²) in [6.45, 7) is 0.143. The van der Waals surface area contributed by atoms with Crippen LogP contribution in [0.25, 0.3) is 0 Å². The molecule has 0 aliphatic carbocycles. The summed E-state index contributed by atoms with van der Waals surface area (Å²) in [7, 11) is 0. The van der Waals surface area contributed by atoms with Gasteiger partial charge >= 0.3 is 0 Å². The molecule has 0 aromatic heterocycles. The maximum atomic E-state index is 11.5. The standard InChI is InChI=1S/C16H14N2O3/c17-10-13-6-8-15(9-7-13)20-12-16(19)18-21-11-14-4-2-1-3-5-14/h1-9H,11-12H2,(H,18,19). The number of ether oxygens (including phenoxy) is 1. The molecule has 0 bridgehead atoms. The van der Waals surface area contributed by atoms with Gasteiger partial charge in [0.1, 0.15) is 5.75 Å². The van der Waals surface area contributed by atoms with Crippen molar-refractivity contribution < 1.29 is 14.4 Å². The Labute approximate surface area is 122 Å². The van der Waals surface area contributed by atoms with Crippen molar-refractivity contribution in [2.24, 2.45) is 0 Å². The first kappa shape index (κ1) is 14.6. The van der Waals surface area contributed by atoms with E-state index in [0.717, 1.165) is 5.56 Å². The number of rotatable bonds is 6. The normalized spacial score (nSPS) is 9.67. The van der Waals surface area contributed by atoms with Crippen LogP contribution in [0, 0.1) is 11.3 Å². The Morgan fingerprint density at radius 2 is 1.81 bits per heavy atom. The monoisotopic (exact) mass is 282 g/mol. The minimum Gasteiger partial charge on any atom is -0.484 e. The Hall–Kier alpha value is -2.84. The lowest BCUT2D eigenvalue weighted by atomic mass is 10.2. The molecule has 2 rings (SSSR count). The van der Waals surface area contributed by atoms with Crippen molar-refractivity contribution in [2.45, 2.75) is 6.61 Å². The van der Waals surface area contributed by atoms with Crippen LogP contribution in [0.5, 0.6) is 5.75 Å². The van der Waals surface area contributed by atoms with Gasteiger partial charge in [0.2, 0.25) is 0 Å². The first-order valence-electron chi connectivity index (χ1n) is 6.35. The van der Waals surface area contributed by atoms with E-state index in [2.05, 4.69) is 5.48 Å². The molecule has 0 radical (unpaired) electrons. The summed E-state index contributed by atoms with van der Waals surface area (Å²) in [5.41, 5.74) is 3.81. The van der Waals surface area contributed by atoms with Crippen molar-refractivity contribution in [3.05, 3.63) is 65.7 Å². The Morgan fingerprint density at radius 3 is 2.48 bits per heavy atom. The Kier molecular flexibility index (Phi) is 5.33. The van der Waals surface area contributed by atoms with E-state index >= 15 is 0 Å². The van der Waals surface area contributed by atoms with Crippen LogP contribution in [-0.4, -0.2) is 12.5 Å². The summed E-state index contributed by atoms with van der Waals surface area (Å²) in [5, 5.41) is 8.67. The largest absolute Gasteiger partial charge is 0.484 e. The van der Waals surface area contributed by atoms with Gasteiger partial charge < -0.3 is 4.74 Å². The van der Waals surface area contributed by atoms with E-state index in [-0.39, 0.29) is 12.5 Å². The van der Waals surface area contributed by atoms with Crippen molar-refractivity contribution in [3.8, 4) is 11.8 Å². The molecular formula is C16H14N2O3. The summed E-state index contributed by atoms with van der Waals surface area (Å²) < 4.78 is 5.27. The zero-order valence-electron chi connectivity index (χ0n) is 11.3. The van der Waals surface area contributed by atoms with Crippen LogP contribution in [0.1, 0.15) is 11.1 Å². The minimum absolute atomic E-state index is 0.152. The van der Waals surface area contributed by atoms with Crippen LogP contribution >= 0.6 is 0 Å². The van der Waals surface area contributed by atoms with Crippen LogP contribution in [0.2, 0.25) is 0 Å². The molecule has 0 unspecified atom stereocenters. The van der Waals surface area contributed by atoms with Gasteiger partial charge in [-0.05, 0) is 29.8 Å². The van der Waals surface area contributed by atoms with Gasteiger partial charge in [-0.3, -0.25) is 9.63 Å². The number of hydrogen-bond acceptors (Lipinski definition) is 4. The predicted molar refractivity (Wildman–Crippen MR) is 76.0 cm³/mol. The van der Waals surface area contributed by atoms with E-state index in [1.165, 1.54) is 0 Å². The van der Waals surface area contributed by atoms with Crippen LogP contribution in [0.15, 0.2) is 54.6 Å². The maximum Gasteiger partial charge on any atom is 0.281 e. The van der Waals surface area contributed by atoms with Gasteiger partial charge in [-0.25, -0.2) is 5.48 Å². The average molecular weight is 282 g/mol. The third-order valence-corrected chi connectivity index (χ3v) is 2.62. The van der Waals surface area contributed by atoms with Crippen molar-refractivity contribution in [1.82, 2.24) is 5.48 Å². The lowest BCUT2D eigenvalue weighted by Gasteiger charge is -2.07. The molecule has 5 nitrogen and oxygen atoms in total. The highest BCUT2D eigenvalue weighted by Gasteiger charge is 2.03. The van der Waals surface area contributed by atoms with E-state index in [0.29, 0.717) is 17.9 Å². The van der Waals surface area contributed by atoms with Gasteiger partial charge in [0.05, 0.1) is 18.2 Å². The van der Waals surface area contributed by atoms with Crippen LogP contribution in [0.4, 0.5) is 0 Å².